The molecule has 33 heavy (non-hydrogen) atoms. The van der Waals surface area contributed by atoms with Crippen LogP contribution in [0.5, 0.6) is 0 Å². The summed E-state index contributed by atoms with van der Waals surface area (Å²) in [6.45, 7) is 20.1. The summed E-state index contributed by atoms with van der Waals surface area (Å²) in [6, 6.07) is 0. The van der Waals surface area contributed by atoms with Crippen molar-refractivity contribution in [1.29, 1.82) is 0 Å². The molecule has 0 aliphatic heterocycles. The van der Waals surface area contributed by atoms with Gasteiger partial charge in [-0.3, -0.25) is 14.4 Å². The third-order valence-electron chi connectivity index (χ3n) is 5.63. The van der Waals surface area contributed by atoms with Gasteiger partial charge in [0.15, 0.2) is 0 Å². The summed E-state index contributed by atoms with van der Waals surface area (Å²) in [7, 11) is 0. The van der Waals surface area contributed by atoms with Gasteiger partial charge in [0.1, 0.15) is 0 Å². The molecule has 0 heterocycles. The van der Waals surface area contributed by atoms with Crippen LogP contribution in [0.3, 0.4) is 0 Å². The fraction of sp³-hybridized carbons (Fsp3) is 0.885. The Bertz CT molecular complexity index is 590. The number of unbranched alkanes of at least 4 members (excludes halogenated alkanes) is 2. The average molecular weight is 470 g/mol. The molecule has 0 aliphatic carbocycles. The second-order valence-corrected chi connectivity index (χ2v) is 10.6. The average Bonchev–Trinajstić information content (AvgIpc) is 2.75. The highest BCUT2D eigenvalue weighted by molar-refractivity contribution is 5.84. The lowest BCUT2D eigenvalue weighted by molar-refractivity contribution is -0.134. The lowest BCUT2D eigenvalue weighted by Crippen LogP contribution is -2.45. The lowest BCUT2D eigenvalue weighted by atomic mass is 9.92. The van der Waals surface area contributed by atoms with Crippen molar-refractivity contribution in [2.75, 3.05) is 45.9 Å². The third kappa shape index (κ3) is 14.3. The van der Waals surface area contributed by atoms with Crippen molar-refractivity contribution in [3.8, 4) is 0 Å². The first-order valence-corrected chi connectivity index (χ1v) is 12.8. The number of hydrogen-bond donors (Lipinski definition) is 1. The maximum absolute atomic E-state index is 12.6. The Morgan fingerprint density at radius 1 is 0.727 bits per heavy atom. The number of hydrogen-bond acceptors (Lipinski definition) is 4. The summed E-state index contributed by atoms with van der Waals surface area (Å²) in [5.74, 6) is 0.0759. The van der Waals surface area contributed by atoms with E-state index in [9.17, 15) is 14.4 Å². The molecule has 0 aromatic heterocycles. The summed E-state index contributed by atoms with van der Waals surface area (Å²) in [5.41, 5.74) is -0.383. The molecule has 0 saturated heterocycles. The molecule has 0 fully saturated rings. The molecule has 0 aliphatic rings. The Morgan fingerprint density at radius 3 is 1.64 bits per heavy atom. The van der Waals surface area contributed by atoms with Crippen molar-refractivity contribution in [2.24, 2.45) is 10.8 Å². The van der Waals surface area contributed by atoms with E-state index in [1.54, 1.807) is 4.90 Å². The van der Waals surface area contributed by atoms with Crippen LogP contribution in [0.2, 0.25) is 0 Å². The highest BCUT2D eigenvalue weighted by Gasteiger charge is 2.28. The van der Waals surface area contributed by atoms with Crippen molar-refractivity contribution in [3.05, 3.63) is 0 Å². The van der Waals surface area contributed by atoms with Gasteiger partial charge in [0.25, 0.3) is 0 Å². The monoisotopic (exact) mass is 469 g/mol. The van der Waals surface area contributed by atoms with Gasteiger partial charge in [-0.05, 0) is 26.7 Å². The Labute approximate surface area is 203 Å². The maximum Gasteiger partial charge on any atom is 0.241 e. The molecule has 0 rings (SSSR count). The van der Waals surface area contributed by atoms with Crippen molar-refractivity contribution in [3.63, 3.8) is 0 Å². The van der Waals surface area contributed by atoms with Crippen LogP contribution in [0.4, 0.5) is 0 Å². The second kappa shape index (κ2) is 16.1. The van der Waals surface area contributed by atoms with Crippen molar-refractivity contribution in [1.82, 2.24) is 15.1 Å². The van der Waals surface area contributed by atoms with Crippen LogP contribution >= 0.6 is 0 Å². The predicted octanol–water partition coefficient (Wildman–Crippen LogP) is 4.25. The van der Waals surface area contributed by atoms with Crippen LogP contribution < -0.4 is 5.32 Å². The smallest absolute Gasteiger partial charge is 0.241 e. The molecule has 1 N–H and O–H groups in total. The number of rotatable bonds is 18. The van der Waals surface area contributed by atoms with E-state index in [0.717, 1.165) is 25.7 Å². The van der Waals surface area contributed by atoms with Gasteiger partial charge in [0.2, 0.25) is 17.7 Å². The first-order chi connectivity index (χ1) is 15.4. The predicted molar refractivity (Wildman–Crippen MR) is 135 cm³/mol. The minimum absolute atomic E-state index is 0.0409. The first-order valence-electron chi connectivity index (χ1n) is 12.8. The summed E-state index contributed by atoms with van der Waals surface area (Å²) in [4.78, 5) is 40.5. The number of carbonyl (C=O) groups is 3. The highest BCUT2D eigenvalue weighted by Crippen LogP contribution is 2.22. The molecule has 7 heteroatoms. The maximum atomic E-state index is 12.6. The van der Waals surface area contributed by atoms with E-state index >= 15 is 0 Å². The molecule has 194 valence electrons. The van der Waals surface area contributed by atoms with Gasteiger partial charge in [0.05, 0.1) is 19.8 Å². The quantitative estimate of drug-likeness (QED) is 0.325. The van der Waals surface area contributed by atoms with Gasteiger partial charge in [-0.2, -0.15) is 0 Å². The summed E-state index contributed by atoms with van der Waals surface area (Å²) in [6.07, 6.45) is 4.81. The van der Waals surface area contributed by atoms with Crippen LogP contribution in [0, 0.1) is 10.8 Å². The summed E-state index contributed by atoms with van der Waals surface area (Å²) in [5, 5.41) is 2.73. The van der Waals surface area contributed by atoms with Crippen LogP contribution in [0.15, 0.2) is 0 Å². The Kier molecular flexibility index (Phi) is 15.3. The molecule has 0 atom stereocenters. The SMILES string of the molecule is CCCCC(=O)NCC(=O)N(CC)CC(C)(C)COCC(C)(C)CN(CC)C(=O)CCCC. The molecule has 0 aromatic rings. The number of amides is 3. The van der Waals surface area contributed by atoms with Gasteiger partial charge >= 0.3 is 0 Å². The topological polar surface area (TPSA) is 79.0 Å². The van der Waals surface area contributed by atoms with Crippen molar-refractivity contribution < 1.29 is 19.1 Å². The van der Waals surface area contributed by atoms with Gasteiger partial charge in [-0.25, -0.2) is 0 Å². The van der Waals surface area contributed by atoms with E-state index in [4.69, 9.17) is 4.74 Å². The zero-order chi connectivity index (χ0) is 25.5. The number of likely N-dealkylation sites (N-methyl/N-ethyl adjacent to an activating group) is 1. The molecule has 3 amide bonds. The standard InChI is InChI=1S/C26H51N3O4/c1-9-13-15-22(30)27-17-24(32)29(12-4)19-26(7,8)21-33-20-25(5,6)18-28(11-3)23(31)16-14-10-2/h9-21H2,1-8H3,(H,27,30). The minimum atomic E-state index is -0.227. The van der Waals surface area contributed by atoms with E-state index in [-0.39, 0.29) is 35.1 Å². The fourth-order valence-corrected chi connectivity index (χ4v) is 3.68. The molecule has 0 bridgehead atoms. The van der Waals surface area contributed by atoms with Gasteiger partial charge in [-0.15, -0.1) is 0 Å². The summed E-state index contributed by atoms with van der Waals surface area (Å²) >= 11 is 0. The van der Waals surface area contributed by atoms with Gasteiger partial charge < -0.3 is 19.9 Å². The molecule has 0 spiro atoms. The van der Waals surface area contributed by atoms with E-state index in [1.807, 2.05) is 25.7 Å². The van der Waals surface area contributed by atoms with Gasteiger partial charge in [-0.1, -0.05) is 54.4 Å². The van der Waals surface area contributed by atoms with Crippen LogP contribution in [0.25, 0.3) is 0 Å². The van der Waals surface area contributed by atoms with Crippen LogP contribution in [-0.2, 0) is 19.1 Å². The van der Waals surface area contributed by atoms with Crippen molar-refractivity contribution >= 4 is 17.7 Å². The van der Waals surface area contributed by atoms with Crippen molar-refractivity contribution in [2.45, 2.75) is 93.9 Å². The third-order valence-corrected chi connectivity index (χ3v) is 5.63. The summed E-state index contributed by atoms with van der Waals surface area (Å²) < 4.78 is 6.09. The Balaban J connectivity index is 4.63. The van der Waals surface area contributed by atoms with Crippen LogP contribution in [0.1, 0.15) is 93.9 Å². The zero-order valence-electron chi connectivity index (χ0n) is 22.7. The van der Waals surface area contributed by atoms with Crippen LogP contribution in [-0.4, -0.2) is 73.5 Å². The normalized spacial score (nSPS) is 11.9. The number of nitrogens with one attached hydrogen (secondary N) is 1. The second-order valence-electron chi connectivity index (χ2n) is 10.6. The van der Waals surface area contributed by atoms with E-state index in [0.29, 0.717) is 52.2 Å². The van der Waals surface area contributed by atoms with E-state index in [2.05, 4.69) is 39.9 Å². The van der Waals surface area contributed by atoms with E-state index < -0.39 is 0 Å². The minimum Gasteiger partial charge on any atom is -0.380 e. The zero-order valence-corrected chi connectivity index (χ0v) is 22.7. The lowest BCUT2D eigenvalue weighted by Gasteiger charge is -2.35. The Morgan fingerprint density at radius 2 is 1.18 bits per heavy atom. The number of ether oxygens (including phenoxy) is 1. The number of carbonyl (C=O) groups excluding carboxylic acids is 3. The molecular formula is C26H51N3O4. The molecule has 7 nitrogen and oxygen atoms in total. The number of nitrogens with zero attached hydrogens (tertiary/aromatic N) is 2. The van der Waals surface area contributed by atoms with Gasteiger partial charge in [0, 0.05) is 49.9 Å². The molecular weight excluding hydrogens is 418 g/mol. The molecule has 0 unspecified atom stereocenters. The highest BCUT2D eigenvalue weighted by atomic mass is 16.5. The fourth-order valence-electron chi connectivity index (χ4n) is 3.68. The molecule has 0 aromatic carbocycles. The largest absolute Gasteiger partial charge is 0.380 e. The Hall–Kier alpha value is -1.63. The molecule has 0 radical (unpaired) electrons. The first kappa shape index (κ1) is 31.4. The molecule has 0 saturated carbocycles. The van der Waals surface area contributed by atoms with E-state index in [1.165, 1.54) is 0 Å².